The summed E-state index contributed by atoms with van der Waals surface area (Å²) in [5, 5.41) is 12.5. The summed E-state index contributed by atoms with van der Waals surface area (Å²) in [5.41, 5.74) is 0.429. The van der Waals surface area contributed by atoms with E-state index in [-0.39, 0.29) is 50.3 Å². The summed E-state index contributed by atoms with van der Waals surface area (Å²) in [5.74, 6) is -3.54. The number of halogens is 3. The van der Waals surface area contributed by atoms with Crippen LogP contribution in [0, 0.1) is 17.5 Å². The summed E-state index contributed by atoms with van der Waals surface area (Å²) in [4.78, 5) is 16.0. The molecule has 1 aromatic heterocycles. The quantitative estimate of drug-likeness (QED) is 0.130. The number of benzene rings is 4. The maximum Gasteiger partial charge on any atom is 0.335 e. The van der Waals surface area contributed by atoms with Crippen LogP contribution in [0.3, 0.4) is 0 Å². The Morgan fingerprint density at radius 1 is 0.896 bits per heavy atom. The molecular formula is C34H28F3N3O7S. The largest absolute Gasteiger partial charge is 0.497 e. The van der Waals surface area contributed by atoms with Crippen molar-refractivity contribution in [3.05, 3.63) is 95.9 Å². The second kappa shape index (κ2) is 13.0. The molecule has 4 aromatic carbocycles. The van der Waals surface area contributed by atoms with Gasteiger partial charge in [0.15, 0.2) is 0 Å². The van der Waals surface area contributed by atoms with E-state index in [9.17, 15) is 27.1 Å². The van der Waals surface area contributed by atoms with E-state index in [2.05, 4.69) is 15.0 Å². The Bertz CT molecular complexity index is 2160. The van der Waals surface area contributed by atoms with Gasteiger partial charge in [-0.15, -0.1) is 0 Å². The monoisotopic (exact) mass is 679 g/mol. The number of pyridine rings is 1. The standard InChI is InChI=1S/C34H28F3N3O7S/c1-45-24-6-7-27(30(16-24)46-2)18-10-28(37)32-29(11-18)38-17-31(48(43,44)40-22-4-3-5-22)33(32)39-23-8-19(34(41)42)9-25(15-23)47-26-13-20(35)12-21(36)14-26/h6-17,22,40H,3-5H2,1-2H3,(H,38,39)(H,41,42). The van der Waals surface area contributed by atoms with Crippen LogP contribution in [0.2, 0.25) is 0 Å². The number of aromatic carboxylic acids is 1. The first kappa shape index (κ1) is 32.6. The van der Waals surface area contributed by atoms with Gasteiger partial charge in [-0.3, -0.25) is 4.98 Å². The molecular weight excluding hydrogens is 651 g/mol. The first-order valence-corrected chi connectivity index (χ1v) is 16.1. The van der Waals surface area contributed by atoms with Gasteiger partial charge in [-0.05, 0) is 54.8 Å². The van der Waals surface area contributed by atoms with E-state index in [1.54, 1.807) is 24.3 Å². The SMILES string of the molecule is COc1ccc(-c2cc(F)c3c(Nc4cc(Oc5cc(F)cc(F)c5)cc(C(=O)O)c4)c(S(=O)(=O)NC4CCC4)cnc3c2)c(OC)c1. The Morgan fingerprint density at radius 2 is 1.62 bits per heavy atom. The van der Waals surface area contributed by atoms with E-state index >= 15 is 4.39 Å². The van der Waals surface area contributed by atoms with Gasteiger partial charge in [0.25, 0.3) is 0 Å². The molecule has 0 amide bonds. The average Bonchev–Trinajstić information content (AvgIpc) is 3.01. The third-order valence-corrected chi connectivity index (χ3v) is 9.35. The van der Waals surface area contributed by atoms with Crippen LogP contribution in [-0.2, 0) is 10.0 Å². The van der Waals surface area contributed by atoms with E-state index in [0.717, 1.165) is 30.8 Å². The molecule has 1 aliphatic carbocycles. The Kier molecular flexibility index (Phi) is 8.86. The van der Waals surface area contributed by atoms with Crippen molar-refractivity contribution in [1.29, 1.82) is 0 Å². The number of fused-ring (bicyclic) bond motifs is 1. The predicted molar refractivity (Wildman–Crippen MR) is 171 cm³/mol. The maximum atomic E-state index is 16.3. The minimum atomic E-state index is -4.26. The van der Waals surface area contributed by atoms with Crippen LogP contribution in [-0.4, -0.2) is 44.7 Å². The van der Waals surface area contributed by atoms with Crippen LogP contribution in [0.5, 0.6) is 23.0 Å². The molecule has 0 aliphatic heterocycles. The molecule has 14 heteroatoms. The predicted octanol–water partition coefficient (Wildman–Crippen LogP) is 7.40. The zero-order chi connectivity index (χ0) is 34.2. The molecule has 1 fully saturated rings. The van der Waals surface area contributed by atoms with Gasteiger partial charge >= 0.3 is 5.97 Å². The topological polar surface area (TPSA) is 136 Å². The lowest BCUT2D eigenvalue weighted by Gasteiger charge is -2.27. The highest BCUT2D eigenvalue weighted by atomic mass is 32.2. The molecule has 5 aromatic rings. The molecule has 10 nitrogen and oxygen atoms in total. The molecule has 6 rings (SSSR count). The zero-order valence-electron chi connectivity index (χ0n) is 25.5. The number of anilines is 2. The average molecular weight is 680 g/mol. The molecule has 1 aliphatic rings. The second-order valence-electron chi connectivity index (χ2n) is 11.0. The lowest BCUT2D eigenvalue weighted by Crippen LogP contribution is -2.39. The summed E-state index contributed by atoms with van der Waals surface area (Å²) >= 11 is 0. The molecule has 0 spiro atoms. The van der Waals surface area contributed by atoms with Crippen molar-refractivity contribution in [2.45, 2.75) is 30.2 Å². The van der Waals surface area contributed by atoms with Crippen molar-refractivity contribution in [2.75, 3.05) is 19.5 Å². The fourth-order valence-corrected chi connectivity index (χ4v) is 6.72. The number of carbonyl (C=O) groups is 1. The van der Waals surface area contributed by atoms with Crippen molar-refractivity contribution in [1.82, 2.24) is 9.71 Å². The molecule has 0 atom stereocenters. The number of aromatic nitrogens is 1. The van der Waals surface area contributed by atoms with Crippen molar-refractivity contribution < 1.29 is 45.7 Å². The maximum absolute atomic E-state index is 16.3. The van der Waals surface area contributed by atoms with E-state index in [1.165, 1.54) is 32.4 Å². The number of sulfonamides is 1. The van der Waals surface area contributed by atoms with Gasteiger partial charge < -0.3 is 24.6 Å². The first-order chi connectivity index (χ1) is 22.9. The fourth-order valence-electron chi connectivity index (χ4n) is 5.31. The molecule has 0 unspecified atom stereocenters. The van der Waals surface area contributed by atoms with Crippen LogP contribution < -0.4 is 24.2 Å². The molecule has 48 heavy (non-hydrogen) atoms. The summed E-state index contributed by atoms with van der Waals surface area (Å²) in [6.07, 6.45) is 3.20. The van der Waals surface area contributed by atoms with Gasteiger partial charge in [-0.2, -0.15) is 0 Å². The minimum absolute atomic E-state index is 0.0188. The molecule has 1 heterocycles. The van der Waals surface area contributed by atoms with Gasteiger partial charge in [0.1, 0.15) is 45.3 Å². The summed E-state index contributed by atoms with van der Waals surface area (Å²) in [7, 11) is -1.31. The normalized spacial score (nSPS) is 13.2. The second-order valence-corrected chi connectivity index (χ2v) is 12.7. The number of rotatable bonds is 11. The number of nitrogens with zero attached hydrogens (tertiary/aromatic N) is 1. The van der Waals surface area contributed by atoms with Gasteiger partial charge in [0, 0.05) is 53.8 Å². The van der Waals surface area contributed by atoms with Crippen molar-refractivity contribution in [3.8, 4) is 34.1 Å². The number of nitrogens with one attached hydrogen (secondary N) is 2. The van der Waals surface area contributed by atoms with Crippen LogP contribution >= 0.6 is 0 Å². The van der Waals surface area contributed by atoms with Gasteiger partial charge in [-0.1, -0.05) is 6.42 Å². The summed E-state index contributed by atoms with van der Waals surface area (Å²) in [6.45, 7) is 0. The molecule has 248 valence electrons. The summed E-state index contributed by atoms with van der Waals surface area (Å²) < 4.78 is 90.2. The van der Waals surface area contributed by atoms with Gasteiger partial charge in [0.05, 0.1) is 36.4 Å². The minimum Gasteiger partial charge on any atom is -0.497 e. The molecule has 3 N–H and O–H groups in total. The third-order valence-electron chi connectivity index (χ3n) is 7.82. The molecule has 0 saturated heterocycles. The van der Waals surface area contributed by atoms with Crippen LogP contribution in [0.15, 0.2) is 77.8 Å². The number of carboxylic acid groups (broad SMARTS) is 1. The smallest absolute Gasteiger partial charge is 0.335 e. The van der Waals surface area contributed by atoms with E-state index in [0.29, 0.717) is 41.5 Å². The van der Waals surface area contributed by atoms with Crippen LogP contribution in [0.4, 0.5) is 24.5 Å². The zero-order valence-corrected chi connectivity index (χ0v) is 26.3. The van der Waals surface area contributed by atoms with E-state index in [1.807, 2.05) is 0 Å². The Labute approximate surface area is 273 Å². The highest BCUT2D eigenvalue weighted by Gasteiger charge is 2.29. The van der Waals surface area contributed by atoms with Crippen LogP contribution in [0.25, 0.3) is 22.0 Å². The lowest BCUT2D eigenvalue weighted by molar-refractivity contribution is 0.0696. The first-order valence-electron chi connectivity index (χ1n) is 14.6. The van der Waals surface area contributed by atoms with Crippen molar-refractivity contribution >= 4 is 38.3 Å². The lowest BCUT2D eigenvalue weighted by atomic mass is 9.94. The Balaban J connectivity index is 1.50. The summed E-state index contributed by atoms with van der Waals surface area (Å²) in [6, 6.07) is 13.5. The van der Waals surface area contributed by atoms with Crippen LogP contribution in [0.1, 0.15) is 29.6 Å². The number of methoxy groups -OCH3 is 2. The number of ether oxygens (including phenoxy) is 3. The molecule has 0 bridgehead atoms. The molecule has 1 saturated carbocycles. The highest BCUT2D eigenvalue weighted by molar-refractivity contribution is 7.89. The Hall–Kier alpha value is -5.34. The Morgan fingerprint density at radius 3 is 2.27 bits per heavy atom. The van der Waals surface area contributed by atoms with Gasteiger partial charge in [0.2, 0.25) is 10.0 Å². The van der Waals surface area contributed by atoms with E-state index < -0.39 is 33.4 Å². The highest BCUT2D eigenvalue weighted by Crippen LogP contribution is 2.40. The van der Waals surface area contributed by atoms with E-state index in [4.69, 9.17) is 14.2 Å². The number of carboxylic acids is 1. The van der Waals surface area contributed by atoms with Crippen molar-refractivity contribution in [3.63, 3.8) is 0 Å². The van der Waals surface area contributed by atoms with Gasteiger partial charge in [-0.25, -0.2) is 31.1 Å². The number of hydrogen-bond acceptors (Lipinski definition) is 8. The fraction of sp³-hybridized carbons (Fsp3) is 0.176. The van der Waals surface area contributed by atoms with Crippen molar-refractivity contribution in [2.24, 2.45) is 0 Å². The third kappa shape index (κ3) is 6.71. The number of hydrogen-bond donors (Lipinski definition) is 3. The molecule has 0 radical (unpaired) electrons.